The molecule has 0 saturated heterocycles. The van der Waals surface area contributed by atoms with Gasteiger partial charge in [-0.3, -0.25) is 0 Å². The van der Waals surface area contributed by atoms with Crippen LogP contribution in [0.5, 0.6) is 0 Å². The molecule has 0 saturated carbocycles. The van der Waals surface area contributed by atoms with Crippen molar-refractivity contribution < 1.29 is 0 Å². The molecule has 82 valence electrons. The van der Waals surface area contributed by atoms with E-state index in [-0.39, 0.29) is 0 Å². The normalized spacial score (nSPS) is 10.1. The van der Waals surface area contributed by atoms with Crippen LogP contribution < -0.4 is 11.1 Å². The highest BCUT2D eigenvalue weighted by molar-refractivity contribution is 5.50. The molecule has 2 heteroatoms. The first kappa shape index (κ1) is 10.6. The van der Waals surface area contributed by atoms with Gasteiger partial charge in [-0.25, -0.2) is 0 Å². The number of para-hydroxylation sites is 1. The average Bonchev–Trinajstić information content (AvgIpc) is 2.30. The van der Waals surface area contributed by atoms with E-state index in [1.807, 2.05) is 24.3 Å². The first-order valence-corrected chi connectivity index (χ1v) is 5.39. The van der Waals surface area contributed by atoms with Crippen LogP contribution in [0.25, 0.3) is 0 Å². The molecule has 16 heavy (non-hydrogen) atoms. The summed E-state index contributed by atoms with van der Waals surface area (Å²) in [6, 6.07) is 16.3. The number of benzene rings is 2. The Morgan fingerprint density at radius 3 is 2.38 bits per heavy atom. The fourth-order valence-electron chi connectivity index (χ4n) is 1.56. The Hall–Kier alpha value is -1.96. The minimum absolute atomic E-state index is 0.760. The highest BCUT2D eigenvalue weighted by Gasteiger charge is 1.97. The first-order chi connectivity index (χ1) is 7.75. The number of nitrogens with two attached hydrogens (primary N) is 1. The zero-order valence-electron chi connectivity index (χ0n) is 9.40. The molecule has 0 atom stereocenters. The summed E-state index contributed by atoms with van der Waals surface area (Å²) in [5, 5.41) is 3.35. The maximum atomic E-state index is 5.87. The van der Waals surface area contributed by atoms with Crippen molar-refractivity contribution in [1.82, 2.24) is 0 Å². The van der Waals surface area contributed by atoms with Gasteiger partial charge in [0.1, 0.15) is 0 Å². The number of hydrogen-bond acceptors (Lipinski definition) is 2. The molecule has 0 spiro atoms. The monoisotopic (exact) mass is 212 g/mol. The van der Waals surface area contributed by atoms with Gasteiger partial charge in [-0.05, 0) is 30.7 Å². The standard InChI is InChI=1S/C14H16N2/c1-11-6-8-13(9-7-11)16-10-12-4-2-3-5-14(12)15/h2-9,16H,10,15H2,1H3. The molecular weight excluding hydrogens is 196 g/mol. The van der Waals surface area contributed by atoms with Gasteiger partial charge in [0.15, 0.2) is 0 Å². The highest BCUT2D eigenvalue weighted by atomic mass is 14.9. The lowest BCUT2D eigenvalue weighted by molar-refractivity contribution is 1.15. The third kappa shape index (κ3) is 2.54. The molecule has 2 nitrogen and oxygen atoms in total. The van der Waals surface area contributed by atoms with Crippen LogP contribution in [-0.4, -0.2) is 0 Å². The van der Waals surface area contributed by atoms with E-state index < -0.39 is 0 Å². The van der Waals surface area contributed by atoms with Crippen molar-refractivity contribution in [2.45, 2.75) is 13.5 Å². The van der Waals surface area contributed by atoms with Crippen LogP contribution in [0.1, 0.15) is 11.1 Å². The van der Waals surface area contributed by atoms with E-state index in [1.54, 1.807) is 0 Å². The molecule has 0 heterocycles. The zero-order valence-corrected chi connectivity index (χ0v) is 9.40. The molecule has 0 aromatic heterocycles. The van der Waals surface area contributed by atoms with Crippen LogP contribution in [0, 0.1) is 6.92 Å². The van der Waals surface area contributed by atoms with Gasteiger partial charge in [-0.15, -0.1) is 0 Å². The summed E-state index contributed by atoms with van der Waals surface area (Å²) in [4.78, 5) is 0. The van der Waals surface area contributed by atoms with Crippen molar-refractivity contribution in [2.24, 2.45) is 0 Å². The van der Waals surface area contributed by atoms with Gasteiger partial charge in [0.05, 0.1) is 0 Å². The Morgan fingerprint density at radius 1 is 1.00 bits per heavy atom. The summed E-state index contributed by atoms with van der Waals surface area (Å²) in [6.45, 7) is 2.84. The SMILES string of the molecule is Cc1ccc(NCc2ccccc2N)cc1. The van der Waals surface area contributed by atoms with Crippen LogP contribution in [0.4, 0.5) is 11.4 Å². The van der Waals surface area contributed by atoms with Crippen molar-refractivity contribution in [3.8, 4) is 0 Å². The summed E-state index contributed by atoms with van der Waals surface area (Å²) in [6.07, 6.45) is 0. The molecule has 3 N–H and O–H groups in total. The zero-order chi connectivity index (χ0) is 11.4. The topological polar surface area (TPSA) is 38.0 Å². The van der Waals surface area contributed by atoms with E-state index in [1.165, 1.54) is 5.56 Å². The summed E-state index contributed by atoms with van der Waals surface area (Å²) in [7, 11) is 0. The lowest BCUT2D eigenvalue weighted by atomic mass is 10.1. The summed E-state index contributed by atoms with van der Waals surface area (Å²) < 4.78 is 0. The molecule has 0 aliphatic rings. The molecule has 0 fully saturated rings. The maximum absolute atomic E-state index is 5.87. The molecule has 2 aromatic rings. The van der Waals surface area contributed by atoms with Gasteiger partial charge in [-0.2, -0.15) is 0 Å². The van der Waals surface area contributed by atoms with Crippen molar-refractivity contribution in [3.63, 3.8) is 0 Å². The van der Waals surface area contributed by atoms with E-state index in [2.05, 4.69) is 36.5 Å². The second-order valence-electron chi connectivity index (χ2n) is 3.92. The Morgan fingerprint density at radius 2 is 1.69 bits per heavy atom. The molecule has 0 bridgehead atoms. The van der Waals surface area contributed by atoms with Gasteiger partial charge < -0.3 is 11.1 Å². The van der Waals surface area contributed by atoms with Gasteiger partial charge in [0, 0.05) is 17.9 Å². The van der Waals surface area contributed by atoms with E-state index in [0.717, 1.165) is 23.5 Å². The lowest BCUT2D eigenvalue weighted by Gasteiger charge is -2.08. The minimum atomic E-state index is 0.760. The van der Waals surface area contributed by atoms with E-state index in [0.29, 0.717) is 0 Å². The molecule has 2 rings (SSSR count). The van der Waals surface area contributed by atoms with Crippen molar-refractivity contribution in [3.05, 3.63) is 59.7 Å². The summed E-state index contributed by atoms with van der Waals surface area (Å²) in [5.74, 6) is 0. The molecule has 0 amide bonds. The third-order valence-electron chi connectivity index (χ3n) is 2.59. The molecule has 0 unspecified atom stereocenters. The fraction of sp³-hybridized carbons (Fsp3) is 0.143. The summed E-state index contributed by atoms with van der Waals surface area (Å²) >= 11 is 0. The van der Waals surface area contributed by atoms with Gasteiger partial charge in [0.25, 0.3) is 0 Å². The van der Waals surface area contributed by atoms with Crippen molar-refractivity contribution in [2.75, 3.05) is 11.1 Å². The van der Waals surface area contributed by atoms with Crippen LogP contribution >= 0.6 is 0 Å². The number of nitrogens with one attached hydrogen (secondary N) is 1. The van der Waals surface area contributed by atoms with Gasteiger partial charge in [-0.1, -0.05) is 35.9 Å². The fourth-order valence-corrected chi connectivity index (χ4v) is 1.56. The predicted molar refractivity (Wildman–Crippen MR) is 69.4 cm³/mol. The molecule has 0 aliphatic heterocycles. The average molecular weight is 212 g/mol. The van der Waals surface area contributed by atoms with Crippen LogP contribution in [0.15, 0.2) is 48.5 Å². The van der Waals surface area contributed by atoms with Crippen LogP contribution in [0.2, 0.25) is 0 Å². The smallest absolute Gasteiger partial charge is 0.0421 e. The Labute approximate surface area is 96.1 Å². The maximum Gasteiger partial charge on any atom is 0.0421 e. The van der Waals surface area contributed by atoms with Crippen molar-refractivity contribution >= 4 is 11.4 Å². The molecular formula is C14H16N2. The first-order valence-electron chi connectivity index (χ1n) is 5.39. The van der Waals surface area contributed by atoms with E-state index >= 15 is 0 Å². The molecule has 2 aromatic carbocycles. The Bertz CT molecular complexity index is 460. The number of rotatable bonds is 3. The second-order valence-corrected chi connectivity index (χ2v) is 3.92. The third-order valence-corrected chi connectivity index (χ3v) is 2.59. The summed E-state index contributed by atoms with van der Waals surface area (Å²) in [5.41, 5.74) is 10.2. The number of anilines is 2. The Balaban J connectivity index is 2.02. The molecule has 0 aliphatic carbocycles. The number of aryl methyl sites for hydroxylation is 1. The van der Waals surface area contributed by atoms with Crippen LogP contribution in [-0.2, 0) is 6.54 Å². The lowest BCUT2D eigenvalue weighted by Crippen LogP contribution is -2.02. The van der Waals surface area contributed by atoms with E-state index in [4.69, 9.17) is 5.73 Å². The largest absolute Gasteiger partial charge is 0.398 e. The van der Waals surface area contributed by atoms with E-state index in [9.17, 15) is 0 Å². The van der Waals surface area contributed by atoms with Crippen molar-refractivity contribution in [1.29, 1.82) is 0 Å². The minimum Gasteiger partial charge on any atom is -0.398 e. The Kier molecular flexibility index (Phi) is 3.10. The molecule has 0 radical (unpaired) electrons. The van der Waals surface area contributed by atoms with Gasteiger partial charge >= 0.3 is 0 Å². The van der Waals surface area contributed by atoms with Gasteiger partial charge in [0.2, 0.25) is 0 Å². The highest BCUT2D eigenvalue weighted by Crippen LogP contribution is 2.14. The number of nitrogen functional groups attached to an aromatic ring is 1. The van der Waals surface area contributed by atoms with Crippen LogP contribution in [0.3, 0.4) is 0 Å². The second kappa shape index (κ2) is 4.71. The quantitative estimate of drug-likeness (QED) is 0.767. The number of hydrogen-bond donors (Lipinski definition) is 2. The predicted octanol–water partition coefficient (Wildman–Crippen LogP) is 3.19.